The second-order valence-electron chi connectivity index (χ2n) is 3.53. The van der Waals surface area contributed by atoms with Gasteiger partial charge in [-0.25, -0.2) is 4.79 Å². The predicted molar refractivity (Wildman–Crippen MR) is 56.5 cm³/mol. The van der Waals surface area contributed by atoms with E-state index in [1.807, 2.05) is 0 Å². The molecule has 0 aromatic heterocycles. The number of hydrogen-bond acceptors (Lipinski definition) is 3. The quantitative estimate of drug-likeness (QED) is 0.253. The highest BCUT2D eigenvalue weighted by Gasteiger charge is 2.28. The molecule has 1 unspecified atom stereocenters. The Morgan fingerprint density at radius 1 is 1.47 bits per heavy atom. The van der Waals surface area contributed by atoms with Crippen molar-refractivity contribution in [1.29, 1.82) is 0 Å². The molecule has 1 heterocycles. The van der Waals surface area contributed by atoms with Crippen molar-refractivity contribution in [2.45, 2.75) is 32.2 Å². The lowest BCUT2D eigenvalue weighted by atomic mass is 10.1. The lowest BCUT2D eigenvalue weighted by molar-refractivity contribution is -0.120. The molecule has 1 aliphatic heterocycles. The van der Waals surface area contributed by atoms with Crippen LogP contribution in [0.3, 0.4) is 0 Å². The number of nitrogens with one attached hydrogen (secondary N) is 2. The molecule has 3 amide bonds. The standard InChI is InChI=1S/C9H16N4O2/c1-6(10)11-5-3-2-4-7-8(14)13-9(15)12-7/h7H,2-5H2,1H3,(H2,10,11)(H2,12,13,14,15). The van der Waals surface area contributed by atoms with Crippen molar-refractivity contribution in [3.63, 3.8) is 0 Å². The minimum Gasteiger partial charge on any atom is -0.388 e. The van der Waals surface area contributed by atoms with Crippen molar-refractivity contribution < 1.29 is 9.59 Å². The van der Waals surface area contributed by atoms with Gasteiger partial charge in [0.2, 0.25) is 0 Å². The van der Waals surface area contributed by atoms with Gasteiger partial charge in [-0.3, -0.25) is 15.1 Å². The lowest BCUT2D eigenvalue weighted by Crippen LogP contribution is -2.28. The minimum atomic E-state index is -0.402. The van der Waals surface area contributed by atoms with Crippen molar-refractivity contribution in [3.05, 3.63) is 0 Å². The summed E-state index contributed by atoms with van der Waals surface area (Å²) in [6.45, 7) is 2.41. The summed E-state index contributed by atoms with van der Waals surface area (Å²) in [5.41, 5.74) is 5.37. The summed E-state index contributed by atoms with van der Waals surface area (Å²) in [5, 5.41) is 4.73. The molecule has 1 saturated heterocycles. The minimum absolute atomic E-state index is 0.237. The molecule has 1 aliphatic rings. The topological polar surface area (TPSA) is 96.6 Å². The number of hydrogen-bond donors (Lipinski definition) is 3. The number of amides is 3. The molecule has 4 N–H and O–H groups in total. The van der Waals surface area contributed by atoms with Crippen LogP contribution in [0, 0.1) is 0 Å². The number of urea groups is 1. The summed E-state index contributed by atoms with van der Waals surface area (Å²) in [4.78, 5) is 25.9. The Morgan fingerprint density at radius 3 is 2.73 bits per heavy atom. The fourth-order valence-corrected chi connectivity index (χ4v) is 1.38. The molecule has 1 rings (SSSR count). The molecule has 1 atom stereocenters. The van der Waals surface area contributed by atoms with Gasteiger partial charge in [-0.1, -0.05) is 0 Å². The second kappa shape index (κ2) is 5.33. The van der Waals surface area contributed by atoms with Crippen LogP contribution in [0.25, 0.3) is 0 Å². The number of nitrogens with two attached hydrogens (primary N) is 1. The molecule has 15 heavy (non-hydrogen) atoms. The molecule has 0 saturated carbocycles. The predicted octanol–water partition coefficient (Wildman–Crippen LogP) is -0.258. The number of unbranched alkanes of at least 4 members (excludes halogenated alkanes) is 1. The summed E-state index contributed by atoms with van der Waals surface area (Å²) < 4.78 is 0. The van der Waals surface area contributed by atoms with Crippen LogP contribution in [-0.2, 0) is 4.79 Å². The van der Waals surface area contributed by atoms with Crippen LogP contribution in [0.4, 0.5) is 4.79 Å². The smallest absolute Gasteiger partial charge is 0.322 e. The first kappa shape index (κ1) is 11.5. The molecule has 6 nitrogen and oxygen atoms in total. The monoisotopic (exact) mass is 212 g/mol. The third-order valence-electron chi connectivity index (χ3n) is 2.12. The van der Waals surface area contributed by atoms with Gasteiger partial charge in [0, 0.05) is 6.54 Å². The average Bonchev–Trinajstić information content (AvgIpc) is 2.44. The molecule has 0 aromatic carbocycles. The second-order valence-corrected chi connectivity index (χ2v) is 3.53. The number of nitrogens with zero attached hydrogens (tertiary/aromatic N) is 1. The van der Waals surface area contributed by atoms with E-state index in [0.717, 1.165) is 12.8 Å². The summed E-state index contributed by atoms with van der Waals surface area (Å²) in [7, 11) is 0. The molecule has 0 spiro atoms. The number of aliphatic imine (C=N–C) groups is 1. The van der Waals surface area contributed by atoms with E-state index in [9.17, 15) is 9.59 Å². The highest BCUT2D eigenvalue weighted by Crippen LogP contribution is 2.04. The molecular weight excluding hydrogens is 196 g/mol. The van der Waals surface area contributed by atoms with Gasteiger partial charge in [-0.15, -0.1) is 0 Å². The molecule has 1 fully saturated rings. The highest BCUT2D eigenvalue weighted by atomic mass is 16.2. The van der Waals surface area contributed by atoms with E-state index in [0.29, 0.717) is 18.8 Å². The van der Waals surface area contributed by atoms with Crippen LogP contribution in [-0.4, -0.2) is 30.4 Å². The largest absolute Gasteiger partial charge is 0.388 e. The normalized spacial score (nSPS) is 21.4. The van der Waals surface area contributed by atoms with Gasteiger partial charge in [0.15, 0.2) is 0 Å². The van der Waals surface area contributed by atoms with Crippen molar-refractivity contribution in [3.8, 4) is 0 Å². The third-order valence-corrected chi connectivity index (χ3v) is 2.12. The first-order valence-electron chi connectivity index (χ1n) is 4.97. The Hall–Kier alpha value is -1.59. The molecule has 84 valence electrons. The van der Waals surface area contributed by atoms with Gasteiger partial charge in [-0.05, 0) is 26.2 Å². The van der Waals surface area contributed by atoms with Crippen molar-refractivity contribution >= 4 is 17.8 Å². The molecule has 6 heteroatoms. The average molecular weight is 212 g/mol. The van der Waals surface area contributed by atoms with Crippen LogP contribution >= 0.6 is 0 Å². The molecule has 0 aromatic rings. The third kappa shape index (κ3) is 3.97. The van der Waals surface area contributed by atoms with E-state index >= 15 is 0 Å². The zero-order valence-electron chi connectivity index (χ0n) is 8.75. The summed E-state index contributed by atoms with van der Waals surface area (Å²) in [6.07, 6.45) is 2.36. The van der Waals surface area contributed by atoms with Gasteiger partial charge in [0.25, 0.3) is 5.91 Å². The number of rotatable bonds is 5. The Morgan fingerprint density at radius 2 is 2.20 bits per heavy atom. The van der Waals surface area contributed by atoms with E-state index in [2.05, 4.69) is 15.6 Å². The molecule has 0 aliphatic carbocycles. The Labute approximate surface area is 88.3 Å². The maximum absolute atomic E-state index is 11.1. The van der Waals surface area contributed by atoms with Crippen LogP contribution in [0.5, 0.6) is 0 Å². The van der Waals surface area contributed by atoms with E-state index < -0.39 is 6.03 Å². The maximum Gasteiger partial charge on any atom is 0.322 e. The maximum atomic E-state index is 11.1. The van der Waals surface area contributed by atoms with Crippen molar-refractivity contribution in [1.82, 2.24) is 10.6 Å². The van der Waals surface area contributed by atoms with Crippen LogP contribution in [0.15, 0.2) is 4.99 Å². The van der Waals surface area contributed by atoms with E-state index in [1.54, 1.807) is 6.92 Å². The van der Waals surface area contributed by atoms with Gasteiger partial charge < -0.3 is 11.1 Å². The number of carbonyl (C=O) groups is 2. The first-order valence-corrected chi connectivity index (χ1v) is 4.97. The van der Waals surface area contributed by atoms with Crippen LogP contribution in [0.1, 0.15) is 26.2 Å². The number of amidine groups is 1. The summed E-state index contributed by atoms with van der Waals surface area (Å²) >= 11 is 0. The zero-order chi connectivity index (χ0) is 11.3. The van der Waals surface area contributed by atoms with Crippen LogP contribution < -0.4 is 16.4 Å². The first-order chi connectivity index (χ1) is 7.09. The number of carbonyl (C=O) groups excluding carboxylic acids is 2. The van der Waals surface area contributed by atoms with E-state index in [-0.39, 0.29) is 11.9 Å². The van der Waals surface area contributed by atoms with E-state index in [1.165, 1.54) is 0 Å². The Kier molecular flexibility index (Phi) is 4.08. The Bertz CT molecular complexity index is 284. The number of imide groups is 1. The molecule has 0 bridgehead atoms. The lowest BCUT2D eigenvalue weighted by Gasteiger charge is -2.05. The zero-order valence-corrected chi connectivity index (χ0v) is 8.75. The van der Waals surface area contributed by atoms with E-state index in [4.69, 9.17) is 5.73 Å². The van der Waals surface area contributed by atoms with Crippen molar-refractivity contribution in [2.24, 2.45) is 10.7 Å². The van der Waals surface area contributed by atoms with Gasteiger partial charge in [0.05, 0.1) is 5.84 Å². The van der Waals surface area contributed by atoms with Gasteiger partial charge >= 0.3 is 6.03 Å². The fourth-order valence-electron chi connectivity index (χ4n) is 1.38. The fraction of sp³-hybridized carbons (Fsp3) is 0.667. The molecular formula is C9H16N4O2. The SMILES string of the molecule is CC(N)=NCCCCC1NC(=O)NC1=O. The van der Waals surface area contributed by atoms with Crippen LogP contribution in [0.2, 0.25) is 0 Å². The summed E-state index contributed by atoms with van der Waals surface area (Å²) in [5.74, 6) is 0.334. The summed E-state index contributed by atoms with van der Waals surface area (Å²) in [6, 6.07) is -0.777. The Balaban J connectivity index is 2.13. The van der Waals surface area contributed by atoms with Crippen molar-refractivity contribution in [2.75, 3.05) is 6.54 Å². The van der Waals surface area contributed by atoms with Gasteiger partial charge in [-0.2, -0.15) is 0 Å². The van der Waals surface area contributed by atoms with Gasteiger partial charge in [0.1, 0.15) is 6.04 Å². The molecule has 0 radical (unpaired) electrons. The highest BCUT2D eigenvalue weighted by molar-refractivity contribution is 6.04.